The van der Waals surface area contributed by atoms with E-state index in [-0.39, 0.29) is 5.11 Å². The highest BCUT2D eigenvalue weighted by atomic mass is 127. The number of aliphatic imine (C=N–C) groups is 1. The molecular weight excluding hydrogens is 517 g/mol. The molecule has 8 heteroatoms. The minimum Gasteiger partial charge on any atom is -0.301 e. The Bertz CT molecular complexity index is 886. The normalized spacial score (nSPS) is 17.9. The molecule has 3 rings (SSSR count). The molecule has 0 aliphatic carbocycles. The van der Waals surface area contributed by atoms with Gasteiger partial charge in [-0.1, -0.05) is 22.0 Å². The number of nitrogens with one attached hydrogen (secondary N) is 1. The number of thiocarbonyl (C=S) groups is 1. The van der Waals surface area contributed by atoms with E-state index in [1.807, 2.05) is 18.2 Å². The Labute approximate surface area is 171 Å². The number of carbonyl (C=O) groups excluding carboxylic acids is 2. The summed E-state index contributed by atoms with van der Waals surface area (Å²) in [4.78, 5) is 30.6. The third-order valence-electron chi connectivity index (χ3n) is 3.47. The fourth-order valence-electron chi connectivity index (χ4n) is 2.27. The van der Waals surface area contributed by atoms with Crippen molar-refractivity contribution < 1.29 is 9.59 Å². The third-order valence-corrected chi connectivity index (χ3v) is 4.95. The molecule has 0 spiro atoms. The van der Waals surface area contributed by atoms with Crippen LogP contribution >= 0.6 is 50.7 Å². The van der Waals surface area contributed by atoms with Crippen LogP contribution in [-0.2, 0) is 9.59 Å². The topological polar surface area (TPSA) is 61.8 Å². The predicted molar refractivity (Wildman–Crippen MR) is 113 cm³/mol. The summed E-state index contributed by atoms with van der Waals surface area (Å²) in [5.74, 6) is -1.93. The van der Waals surface area contributed by atoms with Crippen LogP contribution in [0.3, 0.4) is 0 Å². The quantitative estimate of drug-likeness (QED) is 0.286. The highest BCUT2D eigenvalue weighted by Crippen LogP contribution is 2.23. The summed E-state index contributed by atoms with van der Waals surface area (Å²) in [5.41, 5.74) is 1.27. The molecule has 2 aromatic rings. The lowest BCUT2D eigenvalue weighted by Crippen LogP contribution is -2.58. The third kappa shape index (κ3) is 4.13. The van der Waals surface area contributed by atoms with Gasteiger partial charge in [0.25, 0.3) is 5.91 Å². The number of anilines is 1. The van der Waals surface area contributed by atoms with Gasteiger partial charge in [0, 0.05) is 14.3 Å². The smallest absolute Gasteiger partial charge is 0.251 e. The van der Waals surface area contributed by atoms with Gasteiger partial charge in [0.05, 0.1) is 11.4 Å². The van der Waals surface area contributed by atoms with Gasteiger partial charge in [-0.3, -0.25) is 19.5 Å². The zero-order chi connectivity index (χ0) is 18.0. The number of rotatable bonds is 3. The highest BCUT2D eigenvalue weighted by Gasteiger charge is 2.38. The van der Waals surface area contributed by atoms with Crippen molar-refractivity contribution in [1.82, 2.24) is 5.32 Å². The summed E-state index contributed by atoms with van der Waals surface area (Å²) >= 11 is 10.7. The van der Waals surface area contributed by atoms with Crippen molar-refractivity contribution in [3.8, 4) is 0 Å². The fraction of sp³-hybridized carbons (Fsp3) is 0.0588. The SMILES string of the molecule is O=C1NC(=S)N(c2ccc(Br)cc2)C(=O)[C@H]1C=Nc1cccc(I)c1. The molecule has 5 nitrogen and oxygen atoms in total. The molecule has 1 aliphatic rings. The van der Waals surface area contributed by atoms with E-state index in [9.17, 15) is 9.59 Å². The van der Waals surface area contributed by atoms with Gasteiger partial charge in [-0.25, -0.2) is 0 Å². The Morgan fingerprint density at radius 3 is 2.60 bits per heavy atom. The van der Waals surface area contributed by atoms with E-state index in [0.29, 0.717) is 11.4 Å². The first-order valence-electron chi connectivity index (χ1n) is 7.20. The summed E-state index contributed by atoms with van der Waals surface area (Å²) in [5, 5.41) is 2.63. The van der Waals surface area contributed by atoms with E-state index in [0.717, 1.165) is 8.04 Å². The van der Waals surface area contributed by atoms with E-state index in [1.54, 1.807) is 30.3 Å². The van der Waals surface area contributed by atoms with Gasteiger partial charge in [-0.15, -0.1) is 0 Å². The average molecular weight is 528 g/mol. The molecule has 1 heterocycles. The zero-order valence-electron chi connectivity index (χ0n) is 12.6. The van der Waals surface area contributed by atoms with Crippen molar-refractivity contribution in [1.29, 1.82) is 0 Å². The largest absolute Gasteiger partial charge is 0.301 e. The number of nitrogens with zero attached hydrogens (tertiary/aromatic N) is 2. The van der Waals surface area contributed by atoms with Gasteiger partial charge in [-0.05, 0) is 77.3 Å². The minimum atomic E-state index is -1.03. The maximum atomic E-state index is 12.8. The van der Waals surface area contributed by atoms with Gasteiger partial charge in [0.2, 0.25) is 5.91 Å². The summed E-state index contributed by atoms with van der Waals surface area (Å²) in [6.07, 6.45) is 1.36. The number of hydrogen-bond acceptors (Lipinski definition) is 4. The van der Waals surface area contributed by atoms with Crippen LogP contribution in [0.2, 0.25) is 0 Å². The fourth-order valence-corrected chi connectivity index (χ4v) is 3.36. The van der Waals surface area contributed by atoms with E-state index < -0.39 is 17.7 Å². The minimum absolute atomic E-state index is 0.0660. The number of carbonyl (C=O) groups is 2. The van der Waals surface area contributed by atoms with E-state index in [1.165, 1.54) is 11.1 Å². The molecule has 126 valence electrons. The molecule has 1 aliphatic heterocycles. The zero-order valence-corrected chi connectivity index (χ0v) is 17.2. The monoisotopic (exact) mass is 527 g/mol. The first kappa shape index (κ1) is 18.2. The Balaban J connectivity index is 1.89. The standard InChI is InChI=1S/C17H11BrIN3O2S/c18-10-4-6-13(7-5-10)22-16(24)14(15(23)21-17(22)25)9-20-12-3-1-2-11(19)8-12/h1-9,14H,(H,21,23,25)/t14-/m0/s1. The molecule has 0 radical (unpaired) electrons. The average Bonchev–Trinajstić information content (AvgIpc) is 2.56. The molecule has 1 fully saturated rings. The van der Waals surface area contributed by atoms with Crippen LogP contribution in [0.25, 0.3) is 0 Å². The van der Waals surface area contributed by atoms with Crippen LogP contribution in [0.15, 0.2) is 58.0 Å². The first-order chi connectivity index (χ1) is 12.0. The summed E-state index contributed by atoms with van der Waals surface area (Å²) in [6, 6.07) is 14.6. The van der Waals surface area contributed by atoms with Crippen molar-refractivity contribution in [2.45, 2.75) is 0 Å². The van der Waals surface area contributed by atoms with Crippen LogP contribution in [0.1, 0.15) is 0 Å². The molecular formula is C17H11BrIN3O2S. The van der Waals surface area contributed by atoms with Crippen LogP contribution in [0.5, 0.6) is 0 Å². The molecule has 25 heavy (non-hydrogen) atoms. The number of halogens is 2. The van der Waals surface area contributed by atoms with Crippen molar-refractivity contribution in [2.24, 2.45) is 10.9 Å². The Morgan fingerprint density at radius 2 is 1.92 bits per heavy atom. The van der Waals surface area contributed by atoms with E-state index in [2.05, 4.69) is 48.8 Å². The van der Waals surface area contributed by atoms with Gasteiger partial charge in [-0.2, -0.15) is 0 Å². The second-order valence-electron chi connectivity index (χ2n) is 5.18. The van der Waals surface area contributed by atoms with Crippen molar-refractivity contribution in [3.63, 3.8) is 0 Å². The maximum Gasteiger partial charge on any atom is 0.251 e. The van der Waals surface area contributed by atoms with Gasteiger partial charge in [0.15, 0.2) is 11.0 Å². The molecule has 1 N–H and O–H groups in total. The number of hydrogen-bond donors (Lipinski definition) is 1. The first-order valence-corrected chi connectivity index (χ1v) is 9.48. The summed E-state index contributed by atoms with van der Waals surface area (Å²) in [6.45, 7) is 0. The maximum absolute atomic E-state index is 12.8. The van der Waals surface area contributed by atoms with Crippen molar-refractivity contribution >= 4 is 85.3 Å². The molecule has 2 amide bonds. The molecule has 0 unspecified atom stereocenters. The summed E-state index contributed by atoms with van der Waals surface area (Å²) in [7, 11) is 0. The molecule has 0 aromatic heterocycles. The van der Waals surface area contributed by atoms with Gasteiger partial charge < -0.3 is 5.32 Å². The van der Waals surface area contributed by atoms with Crippen LogP contribution < -0.4 is 10.2 Å². The molecule has 1 saturated heterocycles. The van der Waals surface area contributed by atoms with Gasteiger partial charge >= 0.3 is 0 Å². The lowest BCUT2D eigenvalue weighted by Gasteiger charge is -2.30. The Hall–Kier alpha value is -1.65. The molecule has 0 bridgehead atoms. The van der Waals surface area contributed by atoms with Crippen molar-refractivity contribution in [2.75, 3.05) is 4.90 Å². The van der Waals surface area contributed by atoms with E-state index in [4.69, 9.17) is 12.2 Å². The van der Waals surface area contributed by atoms with Crippen LogP contribution in [0, 0.1) is 9.49 Å². The molecule has 1 atom stereocenters. The number of benzene rings is 2. The van der Waals surface area contributed by atoms with Crippen LogP contribution in [0.4, 0.5) is 11.4 Å². The highest BCUT2D eigenvalue weighted by molar-refractivity contribution is 14.1. The van der Waals surface area contributed by atoms with Crippen LogP contribution in [-0.4, -0.2) is 23.1 Å². The van der Waals surface area contributed by atoms with Crippen molar-refractivity contribution in [3.05, 3.63) is 56.6 Å². The lowest BCUT2D eigenvalue weighted by molar-refractivity contribution is -0.130. The van der Waals surface area contributed by atoms with Gasteiger partial charge in [0.1, 0.15) is 0 Å². The second kappa shape index (κ2) is 7.71. The second-order valence-corrected chi connectivity index (χ2v) is 7.73. The molecule has 2 aromatic carbocycles. The summed E-state index contributed by atoms with van der Waals surface area (Å²) < 4.78 is 1.90. The molecule has 0 saturated carbocycles. The number of amides is 2. The lowest BCUT2D eigenvalue weighted by atomic mass is 10.1. The Morgan fingerprint density at radius 1 is 1.20 bits per heavy atom. The Kier molecular flexibility index (Phi) is 5.60. The van der Waals surface area contributed by atoms with E-state index >= 15 is 0 Å². The predicted octanol–water partition coefficient (Wildman–Crippen LogP) is 3.82.